The van der Waals surface area contributed by atoms with Crippen LogP contribution in [-0.4, -0.2) is 16.2 Å². The maximum atomic E-state index is 10.3. The SMILES string of the molecule is C=CC(O)c1ccc(C=CC(=O)O)cc1. The van der Waals surface area contributed by atoms with Gasteiger partial charge in [0.05, 0.1) is 6.10 Å². The predicted octanol–water partition coefficient (Wildman–Crippen LogP) is 2.00. The topological polar surface area (TPSA) is 57.5 Å². The maximum absolute atomic E-state index is 10.3. The fraction of sp³-hybridized carbons (Fsp3) is 0.0833. The van der Waals surface area contributed by atoms with E-state index in [1.807, 2.05) is 0 Å². The molecule has 0 fully saturated rings. The van der Waals surface area contributed by atoms with Gasteiger partial charge in [0.2, 0.25) is 0 Å². The third-order valence-electron chi connectivity index (χ3n) is 1.92. The lowest BCUT2D eigenvalue weighted by Gasteiger charge is -2.04. The molecule has 1 unspecified atom stereocenters. The van der Waals surface area contributed by atoms with Crippen LogP contribution in [0.5, 0.6) is 0 Å². The molecule has 0 amide bonds. The number of aliphatic hydroxyl groups excluding tert-OH is 1. The molecule has 0 radical (unpaired) electrons. The molecule has 0 heterocycles. The summed E-state index contributed by atoms with van der Waals surface area (Å²) in [5.41, 5.74) is 1.51. The van der Waals surface area contributed by atoms with Crippen molar-refractivity contribution < 1.29 is 15.0 Å². The van der Waals surface area contributed by atoms with E-state index in [1.54, 1.807) is 24.3 Å². The zero-order valence-corrected chi connectivity index (χ0v) is 8.13. The zero-order valence-electron chi connectivity index (χ0n) is 8.13. The van der Waals surface area contributed by atoms with Crippen LogP contribution in [0.4, 0.5) is 0 Å². The van der Waals surface area contributed by atoms with Gasteiger partial charge in [0.1, 0.15) is 0 Å². The van der Waals surface area contributed by atoms with E-state index in [4.69, 9.17) is 5.11 Å². The van der Waals surface area contributed by atoms with Crippen molar-refractivity contribution in [1.82, 2.24) is 0 Å². The number of rotatable bonds is 4. The monoisotopic (exact) mass is 204 g/mol. The number of carboxylic acids is 1. The van der Waals surface area contributed by atoms with Gasteiger partial charge in [0, 0.05) is 6.08 Å². The summed E-state index contributed by atoms with van der Waals surface area (Å²) >= 11 is 0. The Bertz CT molecular complexity index is 376. The van der Waals surface area contributed by atoms with Gasteiger partial charge >= 0.3 is 5.97 Å². The van der Waals surface area contributed by atoms with Gasteiger partial charge in [-0.05, 0) is 17.2 Å². The first kappa shape index (κ1) is 11.2. The molecule has 0 saturated heterocycles. The summed E-state index contributed by atoms with van der Waals surface area (Å²) < 4.78 is 0. The Hall–Kier alpha value is -1.87. The van der Waals surface area contributed by atoms with Crippen LogP contribution >= 0.6 is 0 Å². The van der Waals surface area contributed by atoms with Crippen molar-refractivity contribution in [2.75, 3.05) is 0 Å². The van der Waals surface area contributed by atoms with Crippen LogP contribution in [0.3, 0.4) is 0 Å². The van der Waals surface area contributed by atoms with Crippen LogP contribution in [0, 0.1) is 0 Å². The molecule has 0 aliphatic rings. The summed E-state index contributed by atoms with van der Waals surface area (Å²) in [5.74, 6) is -0.981. The molecular formula is C12H12O3. The average Bonchev–Trinajstić information content (AvgIpc) is 2.26. The summed E-state index contributed by atoms with van der Waals surface area (Å²) in [6, 6.07) is 6.94. The molecule has 0 aliphatic heterocycles. The van der Waals surface area contributed by atoms with Crippen molar-refractivity contribution in [1.29, 1.82) is 0 Å². The van der Waals surface area contributed by atoms with Gasteiger partial charge in [0.15, 0.2) is 0 Å². The van der Waals surface area contributed by atoms with E-state index < -0.39 is 12.1 Å². The van der Waals surface area contributed by atoms with E-state index in [9.17, 15) is 9.90 Å². The first-order valence-corrected chi connectivity index (χ1v) is 4.45. The standard InChI is InChI=1S/C12H12O3/c1-2-11(13)10-6-3-9(4-7-10)5-8-12(14)15/h2-8,11,13H,1H2,(H,14,15). The Morgan fingerprint density at radius 3 is 2.40 bits per heavy atom. The second-order valence-corrected chi connectivity index (χ2v) is 3.02. The summed E-state index contributed by atoms with van der Waals surface area (Å²) in [5, 5.41) is 17.8. The number of aliphatic carboxylic acids is 1. The van der Waals surface area contributed by atoms with Crippen LogP contribution in [-0.2, 0) is 4.79 Å². The van der Waals surface area contributed by atoms with E-state index in [0.29, 0.717) is 0 Å². The molecule has 0 aliphatic carbocycles. The molecule has 3 heteroatoms. The lowest BCUT2D eigenvalue weighted by Crippen LogP contribution is -1.91. The Labute approximate surface area is 88.0 Å². The number of hydrogen-bond donors (Lipinski definition) is 2. The molecule has 0 aromatic heterocycles. The molecule has 15 heavy (non-hydrogen) atoms. The Morgan fingerprint density at radius 2 is 1.93 bits per heavy atom. The van der Waals surface area contributed by atoms with Gasteiger partial charge in [-0.15, -0.1) is 6.58 Å². The second-order valence-electron chi connectivity index (χ2n) is 3.02. The Kier molecular flexibility index (Phi) is 3.83. The van der Waals surface area contributed by atoms with E-state index in [-0.39, 0.29) is 0 Å². The highest BCUT2D eigenvalue weighted by molar-refractivity contribution is 5.85. The van der Waals surface area contributed by atoms with E-state index in [1.165, 1.54) is 12.2 Å². The lowest BCUT2D eigenvalue weighted by molar-refractivity contribution is -0.131. The maximum Gasteiger partial charge on any atom is 0.328 e. The zero-order chi connectivity index (χ0) is 11.3. The van der Waals surface area contributed by atoms with Crippen LogP contribution < -0.4 is 0 Å². The lowest BCUT2D eigenvalue weighted by atomic mass is 10.1. The molecule has 0 bridgehead atoms. The van der Waals surface area contributed by atoms with Crippen molar-refractivity contribution in [3.05, 3.63) is 54.1 Å². The van der Waals surface area contributed by atoms with Gasteiger partial charge < -0.3 is 10.2 Å². The number of hydrogen-bond acceptors (Lipinski definition) is 2. The highest BCUT2D eigenvalue weighted by Crippen LogP contribution is 2.14. The fourth-order valence-corrected chi connectivity index (χ4v) is 1.11. The summed E-state index contributed by atoms with van der Waals surface area (Å²) in [6.45, 7) is 3.48. The van der Waals surface area contributed by atoms with Crippen molar-refractivity contribution in [2.45, 2.75) is 6.10 Å². The second kappa shape index (κ2) is 5.12. The highest BCUT2D eigenvalue weighted by Gasteiger charge is 2.00. The fourth-order valence-electron chi connectivity index (χ4n) is 1.11. The molecule has 3 nitrogen and oxygen atoms in total. The minimum Gasteiger partial charge on any atom is -0.478 e. The van der Waals surface area contributed by atoms with Crippen LogP contribution in [0.25, 0.3) is 6.08 Å². The number of benzene rings is 1. The van der Waals surface area contributed by atoms with Crippen LogP contribution in [0.15, 0.2) is 43.0 Å². The van der Waals surface area contributed by atoms with Crippen molar-refractivity contribution >= 4 is 12.0 Å². The highest BCUT2D eigenvalue weighted by atomic mass is 16.4. The van der Waals surface area contributed by atoms with Gasteiger partial charge in [-0.1, -0.05) is 30.3 Å². The Balaban J connectivity index is 2.80. The average molecular weight is 204 g/mol. The van der Waals surface area contributed by atoms with E-state index >= 15 is 0 Å². The molecule has 1 atom stereocenters. The third-order valence-corrected chi connectivity index (χ3v) is 1.92. The number of aliphatic hydroxyl groups is 1. The van der Waals surface area contributed by atoms with Gasteiger partial charge in [-0.25, -0.2) is 4.79 Å². The van der Waals surface area contributed by atoms with Crippen LogP contribution in [0.2, 0.25) is 0 Å². The van der Waals surface area contributed by atoms with Gasteiger partial charge in [0.25, 0.3) is 0 Å². The minimum absolute atomic E-state index is 0.678. The predicted molar refractivity (Wildman–Crippen MR) is 58.3 cm³/mol. The minimum atomic E-state index is -0.981. The smallest absolute Gasteiger partial charge is 0.328 e. The van der Waals surface area contributed by atoms with Crippen molar-refractivity contribution in [2.24, 2.45) is 0 Å². The first-order chi connectivity index (χ1) is 7.13. The van der Waals surface area contributed by atoms with E-state index in [0.717, 1.165) is 17.2 Å². The molecule has 0 saturated carbocycles. The number of carboxylic acid groups (broad SMARTS) is 1. The largest absolute Gasteiger partial charge is 0.478 e. The molecule has 0 spiro atoms. The normalized spacial score (nSPS) is 12.6. The van der Waals surface area contributed by atoms with Crippen molar-refractivity contribution in [3.8, 4) is 0 Å². The molecule has 78 valence electrons. The van der Waals surface area contributed by atoms with Crippen molar-refractivity contribution in [3.63, 3.8) is 0 Å². The first-order valence-electron chi connectivity index (χ1n) is 4.45. The molecule has 1 aromatic rings. The van der Waals surface area contributed by atoms with E-state index in [2.05, 4.69) is 6.58 Å². The molecule has 1 aromatic carbocycles. The molecule has 2 N–H and O–H groups in total. The number of carbonyl (C=O) groups is 1. The summed E-state index contributed by atoms with van der Waals surface area (Å²) in [4.78, 5) is 10.3. The van der Waals surface area contributed by atoms with Gasteiger partial charge in [-0.3, -0.25) is 0 Å². The molecule has 1 rings (SSSR count). The Morgan fingerprint density at radius 1 is 1.33 bits per heavy atom. The molecular weight excluding hydrogens is 192 g/mol. The summed E-state index contributed by atoms with van der Waals surface area (Å²) in [7, 11) is 0. The third kappa shape index (κ3) is 3.40. The van der Waals surface area contributed by atoms with Crippen LogP contribution in [0.1, 0.15) is 17.2 Å². The van der Waals surface area contributed by atoms with Gasteiger partial charge in [-0.2, -0.15) is 0 Å². The summed E-state index contributed by atoms with van der Waals surface area (Å²) in [6.07, 6.45) is 3.32. The quantitative estimate of drug-likeness (QED) is 0.582.